The third-order valence-electron chi connectivity index (χ3n) is 3.25. The molecule has 0 saturated carbocycles. The predicted molar refractivity (Wildman–Crippen MR) is 99.9 cm³/mol. The molecule has 1 aromatic rings. The molecule has 0 spiro atoms. The molecule has 0 aromatic heterocycles. The van der Waals surface area contributed by atoms with Crippen molar-refractivity contribution in [3.63, 3.8) is 0 Å². The Hall–Kier alpha value is -1.88. The monoisotopic (exact) mass is 334 g/mol. The fraction of sp³-hybridized carbons (Fsp3) is 0.444. The van der Waals surface area contributed by atoms with E-state index in [1.54, 1.807) is 6.08 Å². The van der Waals surface area contributed by atoms with Gasteiger partial charge in [0, 0.05) is 6.42 Å². The molecule has 1 rings (SSSR count). The Balaban J connectivity index is 2.38. The predicted octanol–water partition coefficient (Wildman–Crippen LogP) is 4.42. The molecule has 0 saturated heterocycles. The van der Waals surface area contributed by atoms with Crippen molar-refractivity contribution in [1.29, 1.82) is 0 Å². The highest BCUT2D eigenvalue weighted by atomic mass is 32.1. The molecule has 0 fully saturated rings. The number of thiocarbonyl (C=S) groups is 1. The molecule has 0 aliphatic carbocycles. The van der Waals surface area contributed by atoms with E-state index in [2.05, 4.69) is 24.1 Å². The average Bonchev–Trinajstić information content (AvgIpc) is 2.53. The smallest absolute Gasteiger partial charge is 0.226 e. The van der Waals surface area contributed by atoms with Crippen molar-refractivity contribution >= 4 is 28.9 Å². The first-order chi connectivity index (χ1) is 11.2. The van der Waals surface area contributed by atoms with Crippen LogP contribution < -0.4 is 15.4 Å². The Morgan fingerprint density at radius 3 is 2.74 bits per heavy atom. The lowest BCUT2D eigenvalue weighted by Crippen LogP contribution is -2.34. The Morgan fingerprint density at radius 2 is 2.00 bits per heavy atom. The molecule has 4 nitrogen and oxygen atoms in total. The van der Waals surface area contributed by atoms with Gasteiger partial charge in [0.25, 0.3) is 0 Å². The van der Waals surface area contributed by atoms with Crippen molar-refractivity contribution < 1.29 is 9.53 Å². The molecular weight excluding hydrogens is 308 g/mol. The minimum atomic E-state index is -0.0523. The highest BCUT2D eigenvalue weighted by Crippen LogP contribution is 2.23. The van der Waals surface area contributed by atoms with E-state index < -0.39 is 0 Å². The van der Waals surface area contributed by atoms with E-state index in [1.807, 2.05) is 24.3 Å². The molecule has 1 aromatic carbocycles. The molecule has 1 amide bonds. The summed E-state index contributed by atoms with van der Waals surface area (Å²) < 4.78 is 5.54. The first-order valence-corrected chi connectivity index (χ1v) is 8.51. The zero-order chi connectivity index (χ0) is 16.9. The van der Waals surface area contributed by atoms with E-state index in [4.69, 9.17) is 17.0 Å². The van der Waals surface area contributed by atoms with Crippen LogP contribution in [0.3, 0.4) is 0 Å². The summed E-state index contributed by atoms with van der Waals surface area (Å²) in [6, 6.07) is 7.44. The van der Waals surface area contributed by atoms with Gasteiger partial charge in [-0.25, -0.2) is 0 Å². The summed E-state index contributed by atoms with van der Waals surface area (Å²) in [6.07, 6.45) is 7.76. The molecule has 0 heterocycles. The second kappa shape index (κ2) is 11.7. The van der Waals surface area contributed by atoms with Crippen molar-refractivity contribution in [2.24, 2.45) is 0 Å². The number of unbranched alkanes of at least 4 members (excludes halogenated alkanes) is 4. The maximum Gasteiger partial charge on any atom is 0.226 e. The lowest BCUT2D eigenvalue weighted by molar-refractivity contribution is -0.119. The van der Waals surface area contributed by atoms with Crippen molar-refractivity contribution in [2.45, 2.75) is 45.4 Å². The number of para-hydroxylation sites is 2. The van der Waals surface area contributed by atoms with Gasteiger partial charge in [0.2, 0.25) is 5.91 Å². The topological polar surface area (TPSA) is 50.4 Å². The fourth-order valence-electron chi connectivity index (χ4n) is 2.08. The number of ether oxygens (including phenoxy) is 1. The van der Waals surface area contributed by atoms with Gasteiger partial charge in [-0.05, 0) is 30.8 Å². The van der Waals surface area contributed by atoms with Crippen molar-refractivity contribution in [2.75, 3.05) is 11.9 Å². The summed E-state index contributed by atoms with van der Waals surface area (Å²) in [5.41, 5.74) is 0.725. The minimum Gasteiger partial charge on any atom is -0.487 e. The van der Waals surface area contributed by atoms with Crippen molar-refractivity contribution in [1.82, 2.24) is 5.32 Å². The van der Waals surface area contributed by atoms with Crippen LogP contribution >= 0.6 is 12.2 Å². The summed E-state index contributed by atoms with van der Waals surface area (Å²) >= 11 is 5.19. The van der Waals surface area contributed by atoms with Gasteiger partial charge in [-0.2, -0.15) is 0 Å². The molecular formula is C18H26N2O2S. The number of nitrogens with one attached hydrogen (secondary N) is 2. The zero-order valence-corrected chi connectivity index (χ0v) is 14.6. The normalized spacial score (nSPS) is 9.96. The number of rotatable bonds is 10. The van der Waals surface area contributed by atoms with E-state index in [0.717, 1.165) is 18.5 Å². The van der Waals surface area contributed by atoms with Gasteiger partial charge < -0.3 is 15.4 Å². The Morgan fingerprint density at radius 1 is 1.26 bits per heavy atom. The van der Waals surface area contributed by atoms with Gasteiger partial charge in [0.05, 0.1) is 5.69 Å². The van der Waals surface area contributed by atoms with Crippen LogP contribution in [0.1, 0.15) is 45.4 Å². The maximum absolute atomic E-state index is 11.9. The van der Waals surface area contributed by atoms with Gasteiger partial charge >= 0.3 is 0 Å². The maximum atomic E-state index is 11.9. The van der Waals surface area contributed by atoms with E-state index in [0.29, 0.717) is 23.9 Å². The summed E-state index contributed by atoms with van der Waals surface area (Å²) in [6.45, 7) is 6.21. The summed E-state index contributed by atoms with van der Waals surface area (Å²) in [5, 5.41) is 6.00. The lowest BCUT2D eigenvalue weighted by atomic mass is 10.1. The lowest BCUT2D eigenvalue weighted by Gasteiger charge is -2.13. The molecule has 126 valence electrons. The molecule has 5 heteroatoms. The van der Waals surface area contributed by atoms with Crippen LogP contribution in [0, 0.1) is 0 Å². The number of carbonyl (C=O) groups is 1. The van der Waals surface area contributed by atoms with Crippen LogP contribution in [0.2, 0.25) is 0 Å². The van der Waals surface area contributed by atoms with Gasteiger partial charge in [-0.1, -0.05) is 57.4 Å². The molecule has 0 unspecified atom stereocenters. The fourth-order valence-corrected chi connectivity index (χ4v) is 2.30. The highest BCUT2D eigenvalue weighted by Gasteiger charge is 2.07. The molecule has 0 radical (unpaired) electrons. The standard InChI is InChI=1S/C18H26N2O2S/c1-3-5-6-7-8-13-17(21)20-18(23)19-15-11-9-10-12-16(15)22-14-4-2/h4,9-12H,2-3,5-8,13-14H2,1H3,(H2,19,20,21,23). The summed E-state index contributed by atoms with van der Waals surface area (Å²) in [5.74, 6) is 0.618. The molecule has 23 heavy (non-hydrogen) atoms. The van der Waals surface area contributed by atoms with Gasteiger partial charge in [0.15, 0.2) is 5.11 Å². The van der Waals surface area contributed by atoms with E-state index in [9.17, 15) is 4.79 Å². The van der Waals surface area contributed by atoms with E-state index in [1.165, 1.54) is 19.3 Å². The van der Waals surface area contributed by atoms with Crippen LogP contribution in [0.25, 0.3) is 0 Å². The summed E-state index contributed by atoms with van der Waals surface area (Å²) in [4.78, 5) is 11.9. The Bertz CT molecular complexity index is 517. The van der Waals surface area contributed by atoms with Crippen molar-refractivity contribution in [3.8, 4) is 5.75 Å². The van der Waals surface area contributed by atoms with Crippen LogP contribution in [-0.2, 0) is 4.79 Å². The van der Waals surface area contributed by atoms with Gasteiger partial charge in [-0.3, -0.25) is 4.79 Å². The zero-order valence-electron chi connectivity index (χ0n) is 13.8. The van der Waals surface area contributed by atoms with E-state index >= 15 is 0 Å². The quantitative estimate of drug-likeness (QED) is 0.378. The summed E-state index contributed by atoms with van der Waals surface area (Å²) in [7, 11) is 0. The highest BCUT2D eigenvalue weighted by molar-refractivity contribution is 7.80. The molecule has 0 atom stereocenters. The number of carbonyl (C=O) groups excluding carboxylic acids is 1. The number of hydrogen-bond acceptors (Lipinski definition) is 3. The molecule has 2 N–H and O–H groups in total. The first-order valence-electron chi connectivity index (χ1n) is 8.11. The molecule has 0 bridgehead atoms. The third kappa shape index (κ3) is 8.35. The Labute approximate surface area is 144 Å². The second-order valence-electron chi connectivity index (χ2n) is 5.26. The molecule has 0 aliphatic heterocycles. The number of amides is 1. The Kier molecular flexibility index (Phi) is 9.71. The van der Waals surface area contributed by atoms with Gasteiger partial charge in [0.1, 0.15) is 12.4 Å². The van der Waals surface area contributed by atoms with Crippen LogP contribution in [0.15, 0.2) is 36.9 Å². The SMILES string of the molecule is C=CCOc1ccccc1NC(=S)NC(=O)CCCCCCC. The second-order valence-corrected chi connectivity index (χ2v) is 5.67. The largest absolute Gasteiger partial charge is 0.487 e. The average molecular weight is 334 g/mol. The van der Waals surface area contributed by atoms with Crippen LogP contribution in [0.4, 0.5) is 5.69 Å². The van der Waals surface area contributed by atoms with Crippen LogP contribution in [0.5, 0.6) is 5.75 Å². The number of hydrogen-bond donors (Lipinski definition) is 2. The number of anilines is 1. The van der Waals surface area contributed by atoms with Crippen LogP contribution in [-0.4, -0.2) is 17.6 Å². The van der Waals surface area contributed by atoms with E-state index in [-0.39, 0.29) is 5.91 Å². The van der Waals surface area contributed by atoms with Gasteiger partial charge in [-0.15, -0.1) is 0 Å². The number of benzene rings is 1. The molecule has 0 aliphatic rings. The third-order valence-corrected chi connectivity index (χ3v) is 3.46. The minimum absolute atomic E-state index is 0.0523. The van der Waals surface area contributed by atoms with Crippen molar-refractivity contribution in [3.05, 3.63) is 36.9 Å². The first kappa shape index (κ1) is 19.2.